The molecular weight excluding hydrogens is 240 g/mol. The molecule has 3 atom stereocenters. The van der Waals surface area contributed by atoms with Crippen molar-refractivity contribution in [2.45, 2.75) is 64.6 Å². The molecule has 0 bridgehead atoms. The van der Waals surface area contributed by atoms with E-state index in [4.69, 9.17) is 0 Å². The van der Waals surface area contributed by atoms with E-state index in [1.807, 2.05) is 6.92 Å². The summed E-state index contributed by atoms with van der Waals surface area (Å²) >= 11 is 0. The molecule has 5 nitrogen and oxygen atoms in total. The van der Waals surface area contributed by atoms with Gasteiger partial charge in [0.05, 0.1) is 6.10 Å². The Kier molecular flexibility index (Phi) is 5.37. The van der Waals surface area contributed by atoms with Gasteiger partial charge in [-0.15, -0.1) is 0 Å². The summed E-state index contributed by atoms with van der Waals surface area (Å²) in [5, 5.41) is 9.23. The maximum atomic E-state index is 12.1. The van der Waals surface area contributed by atoms with Crippen LogP contribution < -0.4 is 4.72 Å². The molecule has 0 radical (unpaired) electrons. The van der Waals surface area contributed by atoms with Crippen LogP contribution in [0, 0.1) is 0 Å². The summed E-state index contributed by atoms with van der Waals surface area (Å²) < 4.78 is 28.4. The van der Waals surface area contributed by atoms with Gasteiger partial charge in [0.15, 0.2) is 0 Å². The lowest BCUT2D eigenvalue weighted by Crippen LogP contribution is -2.50. The van der Waals surface area contributed by atoms with Crippen molar-refractivity contribution in [3.8, 4) is 0 Å². The molecular formula is C11H24N2O3S. The highest BCUT2D eigenvalue weighted by molar-refractivity contribution is 7.87. The molecule has 3 unspecified atom stereocenters. The lowest BCUT2D eigenvalue weighted by molar-refractivity contribution is 0.174. The third kappa shape index (κ3) is 4.54. The number of piperidine rings is 1. The first-order valence-electron chi connectivity index (χ1n) is 6.30. The second kappa shape index (κ2) is 6.13. The first-order valence-corrected chi connectivity index (χ1v) is 7.74. The van der Waals surface area contributed by atoms with E-state index in [0.717, 1.165) is 19.3 Å². The van der Waals surface area contributed by atoms with Crippen molar-refractivity contribution in [1.82, 2.24) is 9.03 Å². The topological polar surface area (TPSA) is 69.6 Å². The van der Waals surface area contributed by atoms with Gasteiger partial charge in [-0.1, -0.05) is 6.42 Å². The summed E-state index contributed by atoms with van der Waals surface area (Å²) in [4.78, 5) is 0. The van der Waals surface area contributed by atoms with Crippen LogP contribution in [0.4, 0.5) is 0 Å². The van der Waals surface area contributed by atoms with Crippen molar-refractivity contribution in [1.29, 1.82) is 0 Å². The van der Waals surface area contributed by atoms with Gasteiger partial charge in [0.1, 0.15) is 0 Å². The maximum absolute atomic E-state index is 12.1. The van der Waals surface area contributed by atoms with Gasteiger partial charge in [0.25, 0.3) is 10.2 Å². The largest absolute Gasteiger partial charge is 0.393 e. The second-order valence-electron chi connectivity index (χ2n) is 5.06. The summed E-state index contributed by atoms with van der Waals surface area (Å²) in [5.74, 6) is 0. The van der Waals surface area contributed by atoms with E-state index < -0.39 is 16.3 Å². The van der Waals surface area contributed by atoms with Gasteiger partial charge in [0, 0.05) is 18.6 Å². The third-order valence-electron chi connectivity index (χ3n) is 3.10. The van der Waals surface area contributed by atoms with Crippen LogP contribution in [-0.2, 0) is 10.2 Å². The Morgan fingerprint density at radius 2 is 2.06 bits per heavy atom. The number of aliphatic hydroxyl groups excluding tert-OH is 1. The fraction of sp³-hybridized carbons (Fsp3) is 1.00. The van der Waals surface area contributed by atoms with Gasteiger partial charge in [-0.25, -0.2) is 0 Å². The van der Waals surface area contributed by atoms with Crippen LogP contribution in [0.2, 0.25) is 0 Å². The van der Waals surface area contributed by atoms with Gasteiger partial charge >= 0.3 is 0 Å². The van der Waals surface area contributed by atoms with Crippen LogP contribution in [0.1, 0.15) is 46.5 Å². The van der Waals surface area contributed by atoms with Crippen molar-refractivity contribution in [3.63, 3.8) is 0 Å². The van der Waals surface area contributed by atoms with Gasteiger partial charge in [-0.2, -0.15) is 17.4 Å². The average molecular weight is 264 g/mol. The molecule has 0 aromatic carbocycles. The molecule has 1 heterocycles. The summed E-state index contributed by atoms with van der Waals surface area (Å²) in [6.07, 6.45) is 2.88. The molecule has 0 aromatic heterocycles. The number of rotatable bonds is 5. The first-order chi connectivity index (χ1) is 7.83. The minimum atomic E-state index is -3.41. The van der Waals surface area contributed by atoms with E-state index in [0.29, 0.717) is 13.0 Å². The molecule has 1 aliphatic heterocycles. The zero-order valence-corrected chi connectivity index (χ0v) is 11.7. The lowest BCUT2D eigenvalue weighted by Gasteiger charge is -2.33. The van der Waals surface area contributed by atoms with Crippen LogP contribution in [-0.4, -0.2) is 42.6 Å². The number of aliphatic hydroxyl groups is 1. The summed E-state index contributed by atoms with van der Waals surface area (Å²) in [7, 11) is -3.41. The second-order valence-corrected chi connectivity index (χ2v) is 6.72. The predicted molar refractivity (Wildman–Crippen MR) is 67.8 cm³/mol. The summed E-state index contributed by atoms with van der Waals surface area (Å²) in [5.41, 5.74) is 0. The molecule has 102 valence electrons. The molecule has 0 spiro atoms. The fourth-order valence-electron chi connectivity index (χ4n) is 2.31. The molecule has 2 N–H and O–H groups in total. The van der Waals surface area contributed by atoms with Gasteiger partial charge < -0.3 is 5.11 Å². The predicted octanol–water partition coefficient (Wildman–Crippen LogP) is 0.855. The van der Waals surface area contributed by atoms with Crippen LogP contribution in [0.15, 0.2) is 0 Å². The minimum Gasteiger partial charge on any atom is -0.393 e. The Balaban J connectivity index is 2.60. The molecule has 0 amide bonds. The van der Waals surface area contributed by atoms with E-state index >= 15 is 0 Å². The van der Waals surface area contributed by atoms with Gasteiger partial charge in [0.2, 0.25) is 0 Å². The quantitative estimate of drug-likeness (QED) is 0.773. The molecule has 6 heteroatoms. The maximum Gasteiger partial charge on any atom is 0.279 e. The fourth-order valence-corrected chi connectivity index (χ4v) is 4.00. The number of hydrogen-bond donors (Lipinski definition) is 2. The minimum absolute atomic E-state index is 0.0694. The Morgan fingerprint density at radius 1 is 1.41 bits per heavy atom. The van der Waals surface area contributed by atoms with Crippen LogP contribution in [0.25, 0.3) is 0 Å². The molecule has 0 aromatic rings. The number of hydrogen-bond acceptors (Lipinski definition) is 3. The van der Waals surface area contributed by atoms with E-state index in [-0.39, 0.29) is 12.1 Å². The molecule has 1 aliphatic rings. The Morgan fingerprint density at radius 3 is 2.59 bits per heavy atom. The van der Waals surface area contributed by atoms with E-state index in [9.17, 15) is 13.5 Å². The van der Waals surface area contributed by atoms with E-state index in [1.54, 1.807) is 13.8 Å². The van der Waals surface area contributed by atoms with Crippen molar-refractivity contribution in [2.24, 2.45) is 0 Å². The molecule has 1 rings (SSSR count). The van der Waals surface area contributed by atoms with Crippen LogP contribution >= 0.6 is 0 Å². The first kappa shape index (κ1) is 14.9. The van der Waals surface area contributed by atoms with Crippen LogP contribution in [0.3, 0.4) is 0 Å². The van der Waals surface area contributed by atoms with Gasteiger partial charge in [-0.05, 0) is 40.0 Å². The van der Waals surface area contributed by atoms with Gasteiger partial charge in [-0.3, -0.25) is 0 Å². The normalized spacial score (nSPS) is 26.7. The Hall–Kier alpha value is -0.170. The SMILES string of the molecule is CC(O)CC(C)NS(=O)(=O)N1CCCCC1C. The van der Waals surface area contributed by atoms with Crippen molar-refractivity contribution < 1.29 is 13.5 Å². The monoisotopic (exact) mass is 264 g/mol. The average Bonchev–Trinajstić information content (AvgIpc) is 2.15. The number of nitrogens with zero attached hydrogens (tertiary/aromatic N) is 1. The van der Waals surface area contributed by atoms with Crippen molar-refractivity contribution in [2.75, 3.05) is 6.54 Å². The standard InChI is InChI=1S/C11H24N2O3S/c1-9(8-11(3)14)12-17(15,16)13-7-5-4-6-10(13)2/h9-12,14H,4-8H2,1-3H3. The van der Waals surface area contributed by atoms with Crippen LogP contribution in [0.5, 0.6) is 0 Å². The lowest BCUT2D eigenvalue weighted by atomic mass is 10.1. The molecule has 0 saturated carbocycles. The smallest absolute Gasteiger partial charge is 0.279 e. The molecule has 17 heavy (non-hydrogen) atoms. The Bertz CT molecular complexity index is 330. The van der Waals surface area contributed by atoms with Crippen molar-refractivity contribution in [3.05, 3.63) is 0 Å². The van der Waals surface area contributed by atoms with E-state index in [1.165, 1.54) is 4.31 Å². The summed E-state index contributed by atoms with van der Waals surface area (Å²) in [6, 6.07) is -0.172. The summed E-state index contributed by atoms with van der Waals surface area (Å²) in [6.45, 7) is 5.98. The number of nitrogens with one attached hydrogen (secondary N) is 1. The third-order valence-corrected chi connectivity index (χ3v) is 4.96. The Labute approximate surface area is 104 Å². The van der Waals surface area contributed by atoms with E-state index in [2.05, 4.69) is 4.72 Å². The molecule has 1 fully saturated rings. The molecule has 0 aliphatic carbocycles. The highest BCUT2D eigenvalue weighted by Gasteiger charge is 2.30. The highest BCUT2D eigenvalue weighted by atomic mass is 32.2. The zero-order chi connectivity index (χ0) is 13.1. The zero-order valence-electron chi connectivity index (χ0n) is 10.9. The highest BCUT2D eigenvalue weighted by Crippen LogP contribution is 2.19. The molecule has 1 saturated heterocycles. The van der Waals surface area contributed by atoms with Crippen molar-refractivity contribution >= 4 is 10.2 Å².